The molecule has 0 fully saturated rings. The van der Waals surface area contributed by atoms with Crippen LogP contribution in [-0.4, -0.2) is 39.1 Å². The molecular formula is C8H19NO2. The third-order valence-corrected chi connectivity index (χ3v) is 1.63. The van der Waals surface area contributed by atoms with E-state index in [1.807, 2.05) is 11.9 Å². The maximum Gasteiger partial charge on any atom is 0.217 e. The summed E-state index contributed by atoms with van der Waals surface area (Å²) < 4.78 is 10.1. The second kappa shape index (κ2) is 6.58. The van der Waals surface area contributed by atoms with Crippen LogP contribution in [0.4, 0.5) is 0 Å². The van der Waals surface area contributed by atoms with Crippen LogP contribution in [0.1, 0.15) is 19.8 Å². The van der Waals surface area contributed by atoms with E-state index in [9.17, 15) is 0 Å². The zero-order valence-corrected chi connectivity index (χ0v) is 7.96. The van der Waals surface area contributed by atoms with E-state index in [4.69, 9.17) is 9.47 Å². The van der Waals surface area contributed by atoms with Crippen molar-refractivity contribution in [1.82, 2.24) is 4.90 Å². The van der Waals surface area contributed by atoms with E-state index in [2.05, 4.69) is 6.92 Å². The molecule has 11 heavy (non-hydrogen) atoms. The SMILES string of the molecule is CCCCN(C)C(OC)OC. The van der Waals surface area contributed by atoms with E-state index >= 15 is 0 Å². The number of methoxy groups -OCH3 is 2. The summed E-state index contributed by atoms with van der Waals surface area (Å²) in [5.74, 6) is 0. The summed E-state index contributed by atoms with van der Waals surface area (Å²) in [6, 6.07) is 0. The van der Waals surface area contributed by atoms with Crippen LogP contribution in [0.5, 0.6) is 0 Å². The highest BCUT2D eigenvalue weighted by atomic mass is 16.7. The van der Waals surface area contributed by atoms with Crippen molar-refractivity contribution in [2.45, 2.75) is 26.2 Å². The Morgan fingerprint density at radius 1 is 1.27 bits per heavy atom. The van der Waals surface area contributed by atoms with E-state index in [1.54, 1.807) is 14.2 Å². The minimum atomic E-state index is -0.193. The Labute approximate surface area is 69.3 Å². The molecule has 0 amide bonds. The third-order valence-electron chi connectivity index (χ3n) is 1.63. The van der Waals surface area contributed by atoms with Crippen molar-refractivity contribution in [1.29, 1.82) is 0 Å². The quantitative estimate of drug-likeness (QED) is 0.548. The Morgan fingerprint density at radius 3 is 2.18 bits per heavy atom. The Balaban J connectivity index is 3.51. The molecule has 0 aliphatic rings. The maximum absolute atomic E-state index is 5.06. The molecule has 0 aromatic carbocycles. The number of hydrogen-bond donors (Lipinski definition) is 0. The molecule has 3 nitrogen and oxygen atoms in total. The molecule has 0 spiro atoms. The smallest absolute Gasteiger partial charge is 0.217 e. The summed E-state index contributed by atoms with van der Waals surface area (Å²) in [6.07, 6.45) is 2.19. The van der Waals surface area contributed by atoms with Gasteiger partial charge >= 0.3 is 0 Å². The second-order valence-electron chi connectivity index (χ2n) is 2.61. The van der Waals surface area contributed by atoms with Crippen molar-refractivity contribution >= 4 is 0 Å². The predicted molar refractivity (Wildman–Crippen MR) is 45.3 cm³/mol. The highest BCUT2D eigenvalue weighted by molar-refractivity contribution is 4.47. The lowest BCUT2D eigenvalue weighted by atomic mass is 10.3. The molecule has 68 valence electrons. The zero-order valence-electron chi connectivity index (χ0n) is 7.96. The lowest BCUT2D eigenvalue weighted by Crippen LogP contribution is -2.35. The molecule has 0 aromatic rings. The van der Waals surface area contributed by atoms with Crippen LogP contribution in [0.3, 0.4) is 0 Å². The fourth-order valence-electron chi connectivity index (χ4n) is 0.969. The molecule has 0 saturated heterocycles. The molecule has 3 heteroatoms. The topological polar surface area (TPSA) is 21.7 Å². The first-order valence-electron chi connectivity index (χ1n) is 4.02. The summed E-state index contributed by atoms with van der Waals surface area (Å²) in [6.45, 7) is 3.19. The Kier molecular flexibility index (Phi) is 6.51. The monoisotopic (exact) mass is 161 g/mol. The van der Waals surface area contributed by atoms with Gasteiger partial charge in [0.2, 0.25) is 6.41 Å². The molecule has 0 unspecified atom stereocenters. The predicted octanol–water partition coefficient (Wildman–Crippen LogP) is 1.29. The van der Waals surface area contributed by atoms with Crippen LogP contribution >= 0.6 is 0 Å². The highest BCUT2D eigenvalue weighted by Crippen LogP contribution is 1.99. The number of ether oxygens (including phenoxy) is 2. The van der Waals surface area contributed by atoms with Crippen molar-refractivity contribution in [2.75, 3.05) is 27.8 Å². The molecule has 0 saturated carbocycles. The van der Waals surface area contributed by atoms with Gasteiger partial charge in [0, 0.05) is 20.8 Å². The lowest BCUT2D eigenvalue weighted by molar-refractivity contribution is -0.187. The average Bonchev–Trinajstić information content (AvgIpc) is 2.03. The standard InChI is InChI=1S/C8H19NO2/c1-5-6-7-9(2)8(10-3)11-4/h8H,5-7H2,1-4H3. The number of rotatable bonds is 6. The molecular weight excluding hydrogens is 142 g/mol. The molecule has 0 aromatic heterocycles. The van der Waals surface area contributed by atoms with Gasteiger partial charge in [0.25, 0.3) is 0 Å². The van der Waals surface area contributed by atoms with Crippen LogP contribution in [0.25, 0.3) is 0 Å². The van der Waals surface area contributed by atoms with Crippen LogP contribution < -0.4 is 0 Å². The van der Waals surface area contributed by atoms with Gasteiger partial charge in [-0.05, 0) is 13.5 Å². The minimum absolute atomic E-state index is 0.193. The van der Waals surface area contributed by atoms with E-state index in [0.717, 1.165) is 6.54 Å². The lowest BCUT2D eigenvalue weighted by Gasteiger charge is -2.24. The first kappa shape index (κ1) is 10.9. The van der Waals surface area contributed by atoms with Gasteiger partial charge in [-0.3, -0.25) is 4.90 Å². The van der Waals surface area contributed by atoms with Crippen molar-refractivity contribution in [3.05, 3.63) is 0 Å². The van der Waals surface area contributed by atoms with E-state index in [0.29, 0.717) is 0 Å². The maximum atomic E-state index is 5.06. The molecule has 0 heterocycles. The van der Waals surface area contributed by atoms with Crippen molar-refractivity contribution in [2.24, 2.45) is 0 Å². The molecule has 0 rings (SSSR count). The summed E-state index contributed by atoms with van der Waals surface area (Å²) in [5.41, 5.74) is 0. The van der Waals surface area contributed by atoms with Crippen molar-refractivity contribution in [3.63, 3.8) is 0 Å². The number of unbranched alkanes of at least 4 members (excludes halogenated alkanes) is 1. The van der Waals surface area contributed by atoms with Gasteiger partial charge in [-0.1, -0.05) is 13.3 Å². The second-order valence-corrected chi connectivity index (χ2v) is 2.61. The van der Waals surface area contributed by atoms with Crippen LogP contribution in [0, 0.1) is 0 Å². The summed E-state index contributed by atoms with van der Waals surface area (Å²) in [5, 5.41) is 0. The third kappa shape index (κ3) is 4.35. The van der Waals surface area contributed by atoms with Gasteiger partial charge in [0.05, 0.1) is 0 Å². The molecule has 0 bridgehead atoms. The normalized spacial score (nSPS) is 11.5. The Morgan fingerprint density at radius 2 is 1.82 bits per heavy atom. The van der Waals surface area contributed by atoms with Crippen molar-refractivity contribution in [3.8, 4) is 0 Å². The van der Waals surface area contributed by atoms with Crippen molar-refractivity contribution < 1.29 is 9.47 Å². The largest absolute Gasteiger partial charge is 0.343 e. The number of hydrogen-bond acceptors (Lipinski definition) is 3. The summed E-state index contributed by atoms with van der Waals surface area (Å²) in [4.78, 5) is 2.05. The molecule has 0 atom stereocenters. The molecule has 0 aliphatic carbocycles. The molecule has 0 N–H and O–H groups in total. The van der Waals surface area contributed by atoms with Gasteiger partial charge in [0.1, 0.15) is 0 Å². The first-order chi connectivity index (χ1) is 5.26. The summed E-state index contributed by atoms with van der Waals surface area (Å²) in [7, 11) is 5.29. The highest BCUT2D eigenvalue weighted by Gasteiger charge is 2.10. The van der Waals surface area contributed by atoms with E-state index in [1.165, 1.54) is 12.8 Å². The van der Waals surface area contributed by atoms with Gasteiger partial charge in [0.15, 0.2) is 0 Å². The van der Waals surface area contributed by atoms with Crippen LogP contribution in [0.15, 0.2) is 0 Å². The Hall–Kier alpha value is -0.120. The first-order valence-corrected chi connectivity index (χ1v) is 4.02. The average molecular weight is 161 g/mol. The fraction of sp³-hybridized carbons (Fsp3) is 1.00. The molecule has 0 radical (unpaired) electrons. The van der Waals surface area contributed by atoms with Gasteiger partial charge in [-0.25, -0.2) is 0 Å². The zero-order chi connectivity index (χ0) is 8.69. The van der Waals surface area contributed by atoms with Crippen LogP contribution in [0.2, 0.25) is 0 Å². The summed E-state index contributed by atoms with van der Waals surface area (Å²) >= 11 is 0. The molecule has 0 aliphatic heterocycles. The van der Waals surface area contributed by atoms with Crippen LogP contribution in [-0.2, 0) is 9.47 Å². The number of nitrogens with zero attached hydrogens (tertiary/aromatic N) is 1. The van der Waals surface area contributed by atoms with Gasteiger partial charge in [-0.2, -0.15) is 0 Å². The van der Waals surface area contributed by atoms with Gasteiger partial charge in [-0.15, -0.1) is 0 Å². The van der Waals surface area contributed by atoms with E-state index in [-0.39, 0.29) is 6.41 Å². The van der Waals surface area contributed by atoms with Gasteiger partial charge < -0.3 is 9.47 Å². The minimum Gasteiger partial charge on any atom is -0.343 e. The Bertz CT molecular complexity index is 84.2. The van der Waals surface area contributed by atoms with E-state index < -0.39 is 0 Å². The fourth-order valence-corrected chi connectivity index (χ4v) is 0.969.